The minimum Gasteiger partial charge on any atom is -0.450 e. The van der Waals surface area contributed by atoms with Crippen LogP contribution in [0.5, 0.6) is 0 Å². The summed E-state index contributed by atoms with van der Waals surface area (Å²) in [5.74, 6) is -0.203. The van der Waals surface area contributed by atoms with E-state index in [0.717, 1.165) is 22.3 Å². The minimum absolute atomic E-state index is 0.105. The molecule has 0 spiro atoms. The highest BCUT2D eigenvalue weighted by atomic mass is 35.5. The van der Waals surface area contributed by atoms with Crippen molar-refractivity contribution in [1.29, 1.82) is 0 Å². The molecule has 0 N–H and O–H groups in total. The molecule has 2 aromatic heterocycles. The Hall–Kier alpha value is -3.44. The molecular formula is C25H19ClN2O3. The number of carbonyl (C=O) groups excluding carboxylic acids is 1. The van der Waals surface area contributed by atoms with E-state index in [4.69, 9.17) is 16.0 Å². The van der Waals surface area contributed by atoms with Gasteiger partial charge in [0, 0.05) is 24.0 Å². The Morgan fingerprint density at radius 2 is 1.87 bits per heavy atom. The van der Waals surface area contributed by atoms with Crippen molar-refractivity contribution in [2.24, 2.45) is 0 Å². The Kier molecular flexibility index (Phi) is 4.63. The third-order valence-electron chi connectivity index (χ3n) is 5.66. The molecular weight excluding hydrogens is 412 g/mol. The molecule has 1 amide bonds. The van der Waals surface area contributed by atoms with Crippen LogP contribution in [0.2, 0.25) is 5.02 Å². The number of halogens is 1. The lowest BCUT2D eigenvalue weighted by Gasteiger charge is -2.25. The number of pyridine rings is 1. The van der Waals surface area contributed by atoms with Gasteiger partial charge in [-0.05, 0) is 60.4 Å². The second-order valence-corrected chi connectivity index (χ2v) is 8.32. The molecule has 0 aliphatic carbocycles. The predicted molar refractivity (Wildman–Crippen MR) is 119 cm³/mol. The van der Waals surface area contributed by atoms with Gasteiger partial charge in [0.15, 0.2) is 5.43 Å². The third-order valence-corrected chi connectivity index (χ3v) is 5.91. The van der Waals surface area contributed by atoms with Crippen LogP contribution in [0.4, 0.5) is 0 Å². The average molecular weight is 431 g/mol. The number of aromatic nitrogens is 1. The van der Waals surface area contributed by atoms with Crippen molar-refractivity contribution in [2.45, 2.75) is 26.4 Å². The maximum Gasteiger partial charge on any atom is 0.291 e. The molecule has 0 fully saturated rings. The van der Waals surface area contributed by atoms with Crippen LogP contribution in [0.3, 0.4) is 0 Å². The molecule has 5 nitrogen and oxygen atoms in total. The summed E-state index contributed by atoms with van der Waals surface area (Å²) in [6.45, 7) is 4.13. The predicted octanol–water partition coefficient (Wildman–Crippen LogP) is 5.20. The molecule has 1 atom stereocenters. The quantitative estimate of drug-likeness (QED) is 0.448. The monoisotopic (exact) mass is 430 g/mol. The van der Waals surface area contributed by atoms with Gasteiger partial charge in [-0.1, -0.05) is 35.9 Å². The zero-order valence-electron chi connectivity index (χ0n) is 17.1. The summed E-state index contributed by atoms with van der Waals surface area (Å²) in [7, 11) is 0. The summed E-state index contributed by atoms with van der Waals surface area (Å²) in [5.41, 5.74) is 4.12. The van der Waals surface area contributed by atoms with Crippen LogP contribution in [0.15, 0.2) is 70.1 Å². The Labute approximate surface area is 183 Å². The van der Waals surface area contributed by atoms with Crippen molar-refractivity contribution in [3.63, 3.8) is 0 Å². The van der Waals surface area contributed by atoms with Gasteiger partial charge < -0.3 is 9.32 Å². The average Bonchev–Trinajstić information content (AvgIpc) is 3.03. The molecule has 0 saturated carbocycles. The van der Waals surface area contributed by atoms with Crippen molar-refractivity contribution in [3.05, 3.63) is 110 Å². The Balaban J connectivity index is 1.76. The van der Waals surface area contributed by atoms with E-state index in [1.807, 2.05) is 50.2 Å². The lowest BCUT2D eigenvalue weighted by Crippen LogP contribution is -2.29. The molecule has 2 aromatic carbocycles. The molecule has 1 aliphatic rings. The van der Waals surface area contributed by atoms with E-state index in [0.29, 0.717) is 28.1 Å². The van der Waals surface area contributed by atoms with Gasteiger partial charge in [0.2, 0.25) is 5.76 Å². The largest absolute Gasteiger partial charge is 0.450 e. The second-order valence-electron chi connectivity index (χ2n) is 7.88. The molecule has 4 aromatic rings. The summed E-state index contributed by atoms with van der Waals surface area (Å²) in [6, 6.07) is 14.1. The highest BCUT2D eigenvalue weighted by molar-refractivity contribution is 6.30. The van der Waals surface area contributed by atoms with Gasteiger partial charge in [0.25, 0.3) is 5.91 Å². The van der Waals surface area contributed by atoms with E-state index < -0.39 is 6.04 Å². The van der Waals surface area contributed by atoms with Crippen molar-refractivity contribution < 1.29 is 9.21 Å². The van der Waals surface area contributed by atoms with Crippen LogP contribution < -0.4 is 5.43 Å². The first kappa shape index (κ1) is 19.5. The van der Waals surface area contributed by atoms with Gasteiger partial charge in [-0.3, -0.25) is 14.6 Å². The van der Waals surface area contributed by atoms with E-state index in [1.54, 1.807) is 29.4 Å². The number of aryl methyl sites for hydroxylation is 2. The number of hydrogen-bond donors (Lipinski definition) is 0. The zero-order valence-corrected chi connectivity index (χ0v) is 17.8. The van der Waals surface area contributed by atoms with Gasteiger partial charge in [0.05, 0.1) is 17.0 Å². The summed E-state index contributed by atoms with van der Waals surface area (Å²) in [6.07, 6.45) is 3.40. The smallest absolute Gasteiger partial charge is 0.291 e. The molecule has 154 valence electrons. The standard InChI is InChI=1S/C25H19ClN2O3/c1-14-10-15(2)23-19(11-14)22(29)20-21(17-5-7-18(26)8-6-17)28(25(30)24(20)31-23)13-16-4-3-9-27-12-16/h3-12,21H,13H2,1-2H3/t21-/m0/s1. The van der Waals surface area contributed by atoms with Gasteiger partial charge in [0.1, 0.15) is 5.58 Å². The maximum absolute atomic E-state index is 13.6. The van der Waals surface area contributed by atoms with Crippen molar-refractivity contribution in [2.75, 3.05) is 0 Å². The van der Waals surface area contributed by atoms with Gasteiger partial charge >= 0.3 is 0 Å². The van der Waals surface area contributed by atoms with Gasteiger partial charge in [-0.2, -0.15) is 0 Å². The maximum atomic E-state index is 13.6. The number of carbonyl (C=O) groups is 1. The van der Waals surface area contributed by atoms with E-state index in [-0.39, 0.29) is 17.1 Å². The Morgan fingerprint density at radius 1 is 1.10 bits per heavy atom. The first-order valence-electron chi connectivity index (χ1n) is 9.97. The second kappa shape index (κ2) is 7.36. The summed E-state index contributed by atoms with van der Waals surface area (Å²) in [5, 5.41) is 1.08. The highest BCUT2D eigenvalue weighted by Crippen LogP contribution is 2.39. The first-order valence-corrected chi connectivity index (χ1v) is 10.3. The Morgan fingerprint density at radius 3 is 2.58 bits per heavy atom. The third kappa shape index (κ3) is 3.22. The fourth-order valence-electron chi connectivity index (χ4n) is 4.32. The lowest BCUT2D eigenvalue weighted by molar-refractivity contribution is 0.0714. The van der Waals surface area contributed by atoms with Crippen molar-refractivity contribution in [3.8, 4) is 0 Å². The van der Waals surface area contributed by atoms with Crippen LogP contribution in [0.1, 0.15) is 44.4 Å². The SMILES string of the molecule is Cc1cc(C)c2oc3c(c(=O)c2c1)[C@H](c1ccc(Cl)cc1)N(Cc1cccnc1)C3=O. The van der Waals surface area contributed by atoms with E-state index in [9.17, 15) is 9.59 Å². The number of fused-ring (bicyclic) bond motifs is 2. The molecule has 3 heterocycles. The van der Waals surface area contributed by atoms with Crippen LogP contribution >= 0.6 is 11.6 Å². The molecule has 0 bridgehead atoms. The molecule has 0 saturated heterocycles. The van der Waals surface area contributed by atoms with E-state index >= 15 is 0 Å². The topological polar surface area (TPSA) is 63.4 Å². The number of hydrogen-bond acceptors (Lipinski definition) is 4. The normalized spacial score (nSPS) is 15.5. The molecule has 6 heteroatoms. The minimum atomic E-state index is -0.568. The lowest BCUT2D eigenvalue weighted by atomic mass is 9.97. The Bertz CT molecular complexity index is 1380. The van der Waals surface area contributed by atoms with Crippen LogP contribution in [-0.4, -0.2) is 15.8 Å². The summed E-state index contributed by atoms with van der Waals surface area (Å²) in [4.78, 5) is 32.9. The molecule has 0 unspecified atom stereocenters. The number of amides is 1. The van der Waals surface area contributed by atoms with Crippen LogP contribution in [-0.2, 0) is 6.54 Å². The number of benzene rings is 2. The number of nitrogens with zero attached hydrogens (tertiary/aromatic N) is 2. The van der Waals surface area contributed by atoms with E-state index in [2.05, 4.69) is 4.98 Å². The molecule has 1 aliphatic heterocycles. The van der Waals surface area contributed by atoms with Crippen LogP contribution in [0, 0.1) is 13.8 Å². The molecule has 31 heavy (non-hydrogen) atoms. The molecule has 0 radical (unpaired) electrons. The fourth-order valence-corrected chi connectivity index (χ4v) is 4.44. The summed E-state index contributed by atoms with van der Waals surface area (Å²) >= 11 is 6.09. The summed E-state index contributed by atoms with van der Waals surface area (Å²) < 4.78 is 6.09. The molecule has 5 rings (SSSR count). The highest BCUT2D eigenvalue weighted by Gasteiger charge is 2.42. The van der Waals surface area contributed by atoms with Gasteiger partial charge in [-0.15, -0.1) is 0 Å². The first-order chi connectivity index (χ1) is 14.9. The van der Waals surface area contributed by atoms with Crippen molar-refractivity contribution >= 4 is 28.5 Å². The van der Waals surface area contributed by atoms with Crippen molar-refractivity contribution in [1.82, 2.24) is 9.88 Å². The van der Waals surface area contributed by atoms with Crippen LogP contribution in [0.25, 0.3) is 11.0 Å². The van der Waals surface area contributed by atoms with Gasteiger partial charge in [-0.25, -0.2) is 0 Å². The number of rotatable bonds is 3. The van der Waals surface area contributed by atoms with E-state index in [1.165, 1.54) is 0 Å². The fraction of sp³-hybridized carbons (Fsp3) is 0.160. The zero-order chi connectivity index (χ0) is 21.7.